The second-order valence-corrected chi connectivity index (χ2v) is 11.5. The third-order valence-electron chi connectivity index (χ3n) is 6.65. The summed E-state index contributed by atoms with van der Waals surface area (Å²) >= 11 is 6.21. The van der Waals surface area contributed by atoms with Gasteiger partial charge in [-0.05, 0) is 61.2 Å². The van der Waals surface area contributed by atoms with Gasteiger partial charge in [0, 0.05) is 28.3 Å². The molecule has 3 unspecified atom stereocenters. The summed E-state index contributed by atoms with van der Waals surface area (Å²) in [4.78, 5) is 15.1. The van der Waals surface area contributed by atoms with E-state index in [9.17, 15) is 31.5 Å². The normalized spacial score (nSPS) is 25.7. The predicted molar refractivity (Wildman–Crippen MR) is 121 cm³/mol. The summed E-state index contributed by atoms with van der Waals surface area (Å²) in [6.45, 7) is -0.149. The molecule has 2 fully saturated rings. The minimum absolute atomic E-state index is 0.102. The summed E-state index contributed by atoms with van der Waals surface area (Å²) in [5.74, 6) is -6.33. The first-order valence-electron chi connectivity index (χ1n) is 10.7. The SMILES string of the molecule is [N-]=[N+]=NCC1(O)CC2CC[C@@H](C1)C2S(=O)(=O)c1cc(C(=O)Nc2cc(F)c(F)c(F)c2)ccc1Cl. The lowest BCUT2D eigenvalue weighted by molar-refractivity contribution is -0.0105. The number of carbonyl (C=O) groups is 1. The van der Waals surface area contributed by atoms with Gasteiger partial charge in [-0.25, -0.2) is 21.6 Å². The number of nitrogens with zero attached hydrogens (tertiary/aromatic N) is 3. The second kappa shape index (κ2) is 9.34. The zero-order valence-corrected chi connectivity index (χ0v) is 19.7. The number of amides is 1. The van der Waals surface area contributed by atoms with Crippen LogP contribution in [0.3, 0.4) is 0 Å². The van der Waals surface area contributed by atoms with Crippen LogP contribution in [0.5, 0.6) is 0 Å². The fourth-order valence-electron chi connectivity index (χ4n) is 5.28. The number of benzene rings is 2. The summed E-state index contributed by atoms with van der Waals surface area (Å²) in [5, 5.41) is 15.5. The summed E-state index contributed by atoms with van der Waals surface area (Å²) in [5.41, 5.74) is 6.80. The zero-order valence-electron chi connectivity index (χ0n) is 18.1. The van der Waals surface area contributed by atoms with Gasteiger partial charge in [-0.2, -0.15) is 0 Å². The highest BCUT2D eigenvalue weighted by atomic mass is 35.5. The molecule has 2 aromatic carbocycles. The van der Waals surface area contributed by atoms with Crippen molar-refractivity contribution in [2.45, 2.75) is 41.4 Å². The number of azide groups is 1. The molecule has 2 aromatic rings. The highest BCUT2D eigenvalue weighted by Gasteiger charge is 2.54. The summed E-state index contributed by atoms with van der Waals surface area (Å²) in [6, 6.07) is 4.77. The molecule has 8 nitrogen and oxygen atoms in total. The van der Waals surface area contributed by atoms with E-state index < -0.39 is 55.9 Å². The van der Waals surface area contributed by atoms with Crippen LogP contribution in [-0.2, 0) is 9.84 Å². The first-order valence-corrected chi connectivity index (χ1v) is 12.6. The Morgan fingerprint density at radius 1 is 1.17 bits per heavy atom. The third kappa shape index (κ3) is 4.84. The van der Waals surface area contributed by atoms with Crippen LogP contribution in [0.25, 0.3) is 10.4 Å². The molecule has 0 heterocycles. The van der Waals surface area contributed by atoms with Gasteiger partial charge < -0.3 is 10.4 Å². The third-order valence-corrected chi connectivity index (χ3v) is 9.53. The lowest BCUT2D eigenvalue weighted by Crippen LogP contribution is -2.47. The molecule has 0 radical (unpaired) electrons. The first kappa shape index (κ1) is 25.3. The molecular weight excluding hydrogens is 509 g/mol. The number of sulfone groups is 1. The highest BCUT2D eigenvalue weighted by molar-refractivity contribution is 7.92. The molecule has 4 rings (SSSR count). The molecule has 0 saturated heterocycles. The molecule has 35 heavy (non-hydrogen) atoms. The molecule has 186 valence electrons. The quantitative estimate of drug-likeness (QED) is 0.236. The molecule has 2 aliphatic rings. The molecule has 2 bridgehead atoms. The first-order chi connectivity index (χ1) is 16.4. The van der Waals surface area contributed by atoms with Crippen LogP contribution >= 0.6 is 11.6 Å². The van der Waals surface area contributed by atoms with Gasteiger partial charge in [0.05, 0.1) is 27.3 Å². The molecule has 2 saturated carbocycles. The van der Waals surface area contributed by atoms with E-state index in [1.165, 1.54) is 12.1 Å². The average molecular weight is 529 g/mol. The maximum Gasteiger partial charge on any atom is 0.255 e. The topological polar surface area (TPSA) is 132 Å². The fraction of sp³-hybridized carbons (Fsp3) is 0.409. The van der Waals surface area contributed by atoms with Crippen LogP contribution in [-0.4, -0.2) is 36.8 Å². The van der Waals surface area contributed by atoms with Crippen LogP contribution in [0.4, 0.5) is 18.9 Å². The predicted octanol–water partition coefficient (Wildman–Crippen LogP) is 5.01. The largest absolute Gasteiger partial charge is 0.390 e. The number of halogens is 4. The Labute approximate surface area is 203 Å². The van der Waals surface area contributed by atoms with Crippen molar-refractivity contribution in [2.75, 3.05) is 11.9 Å². The standard InChI is InChI=1S/C22H20ClF3N4O4S/c23-15-4-3-11(21(31)29-14-6-16(24)19(26)17(25)7-14)5-18(15)35(33,34)20-12-1-2-13(20)9-22(32,8-12)10-28-30-27/h3-7,12-13,20,32H,1-2,8-10H2,(H,29,31)/t12-,13?,20?,22?/m0/s1. The number of hydrogen-bond donors (Lipinski definition) is 2. The maximum atomic E-state index is 13.6. The van der Waals surface area contributed by atoms with Crippen molar-refractivity contribution in [3.05, 3.63) is 68.8 Å². The van der Waals surface area contributed by atoms with E-state index in [-0.39, 0.29) is 40.6 Å². The Morgan fingerprint density at radius 2 is 1.77 bits per heavy atom. The summed E-state index contributed by atoms with van der Waals surface area (Å²) in [7, 11) is -4.04. The monoisotopic (exact) mass is 528 g/mol. The molecule has 4 atom stereocenters. The molecular formula is C22H20ClF3N4O4S. The van der Waals surface area contributed by atoms with Gasteiger partial charge in [0.15, 0.2) is 27.3 Å². The van der Waals surface area contributed by atoms with Crippen LogP contribution in [0, 0.1) is 29.3 Å². The summed E-state index contributed by atoms with van der Waals surface area (Å²) in [6.07, 6.45) is 1.41. The van der Waals surface area contributed by atoms with E-state index in [1.54, 1.807) is 0 Å². The van der Waals surface area contributed by atoms with E-state index >= 15 is 0 Å². The molecule has 13 heteroatoms. The van der Waals surface area contributed by atoms with Crippen LogP contribution in [0.2, 0.25) is 5.02 Å². The van der Waals surface area contributed by atoms with Crippen molar-refractivity contribution in [2.24, 2.45) is 17.0 Å². The minimum Gasteiger partial charge on any atom is -0.390 e. The smallest absolute Gasteiger partial charge is 0.255 e. The van der Waals surface area contributed by atoms with Gasteiger partial charge in [0.1, 0.15) is 0 Å². The Hall–Kier alpha value is -2.79. The van der Waals surface area contributed by atoms with Crippen molar-refractivity contribution < 1.29 is 31.5 Å². The van der Waals surface area contributed by atoms with Gasteiger partial charge in [0.25, 0.3) is 5.91 Å². The lowest BCUT2D eigenvalue weighted by atomic mass is 9.77. The molecule has 2 aliphatic carbocycles. The number of anilines is 1. The number of hydrogen-bond acceptors (Lipinski definition) is 5. The number of nitrogens with one attached hydrogen (secondary N) is 1. The Bertz CT molecular complexity index is 1310. The van der Waals surface area contributed by atoms with Crippen LogP contribution in [0.15, 0.2) is 40.3 Å². The molecule has 1 amide bonds. The van der Waals surface area contributed by atoms with Crippen molar-refractivity contribution >= 4 is 33.0 Å². The number of fused-ring (bicyclic) bond motifs is 2. The van der Waals surface area contributed by atoms with E-state index in [4.69, 9.17) is 17.1 Å². The van der Waals surface area contributed by atoms with Crippen molar-refractivity contribution in [1.29, 1.82) is 0 Å². The molecule has 0 aromatic heterocycles. The number of rotatable bonds is 6. The Morgan fingerprint density at radius 3 is 2.34 bits per heavy atom. The van der Waals surface area contributed by atoms with E-state index in [0.29, 0.717) is 25.0 Å². The number of carbonyl (C=O) groups excluding carboxylic acids is 1. The fourth-order valence-corrected chi connectivity index (χ4v) is 8.12. The Kier molecular flexibility index (Phi) is 6.76. The van der Waals surface area contributed by atoms with Crippen molar-refractivity contribution in [1.82, 2.24) is 0 Å². The lowest BCUT2D eigenvalue weighted by Gasteiger charge is -2.40. The highest BCUT2D eigenvalue weighted by Crippen LogP contribution is 2.51. The number of aliphatic hydroxyl groups is 1. The maximum absolute atomic E-state index is 13.6. The Balaban J connectivity index is 1.61. The van der Waals surface area contributed by atoms with Crippen LogP contribution < -0.4 is 5.32 Å². The van der Waals surface area contributed by atoms with Gasteiger partial charge in [-0.3, -0.25) is 4.79 Å². The van der Waals surface area contributed by atoms with Gasteiger partial charge in [0.2, 0.25) is 0 Å². The van der Waals surface area contributed by atoms with Crippen molar-refractivity contribution in [3.8, 4) is 0 Å². The van der Waals surface area contributed by atoms with Gasteiger partial charge in [-0.1, -0.05) is 16.7 Å². The van der Waals surface area contributed by atoms with Crippen LogP contribution in [0.1, 0.15) is 36.0 Å². The van der Waals surface area contributed by atoms with Gasteiger partial charge in [-0.15, -0.1) is 0 Å². The minimum atomic E-state index is -4.04. The van der Waals surface area contributed by atoms with E-state index in [1.807, 2.05) is 0 Å². The molecule has 2 N–H and O–H groups in total. The molecule has 0 aliphatic heterocycles. The molecule has 0 spiro atoms. The van der Waals surface area contributed by atoms with Crippen molar-refractivity contribution in [3.63, 3.8) is 0 Å². The van der Waals surface area contributed by atoms with E-state index in [2.05, 4.69) is 15.3 Å². The van der Waals surface area contributed by atoms with E-state index in [0.717, 1.165) is 6.07 Å². The zero-order chi connectivity index (χ0) is 25.5. The second-order valence-electron chi connectivity index (χ2n) is 8.98. The van der Waals surface area contributed by atoms with Gasteiger partial charge >= 0.3 is 0 Å². The average Bonchev–Trinajstić information content (AvgIpc) is 3.09. The summed E-state index contributed by atoms with van der Waals surface area (Å²) < 4.78 is 67.4.